The summed E-state index contributed by atoms with van der Waals surface area (Å²) in [4.78, 5) is 29.0. The number of carbonyl (C=O) groups excluding carboxylic acids is 2. The second-order valence-corrected chi connectivity index (χ2v) is 8.94. The standard InChI is InChI=1S/C25H31FN4O4/c1-17(2)14-27-24(31)25(32)28-15-21(18-3-8-22-23(13-18)34-16-33-22)30-11-9-29(10-12-30)20-6-4-19(26)5-7-20/h3-8,13,17,21H,9-12,14-16H2,1-2H3,(H,27,31)(H,28,32)/t21-/m0/s1. The minimum absolute atomic E-state index is 0.147. The Morgan fingerprint density at radius 1 is 0.912 bits per heavy atom. The fourth-order valence-electron chi connectivity index (χ4n) is 4.17. The molecule has 0 unspecified atom stereocenters. The van der Waals surface area contributed by atoms with Crippen LogP contribution in [0, 0.1) is 11.7 Å². The van der Waals surface area contributed by atoms with E-state index in [1.54, 1.807) is 12.1 Å². The van der Waals surface area contributed by atoms with Crippen molar-refractivity contribution in [3.8, 4) is 11.5 Å². The van der Waals surface area contributed by atoms with Gasteiger partial charge in [-0.3, -0.25) is 14.5 Å². The number of fused-ring (bicyclic) bond motifs is 1. The Hall–Kier alpha value is -3.33. The summed E-state index contributed by atoms with van der Waals surface area (Å²) in [6.07, 6.45) is 0. The number of piperazine rings is 1. The highest BCUT2D eigenvalue weighted by molar-refractivity contribution is 6.35. The van der Waals surface area contributed by atoms with Crippen LogP contribution in [0.2, 0.25) is 0 Å². The lowest BCUT2D eigenvalue weighted by Gasteiger charge is -2.40. The number of nitrogens with one attached hydrogen (secondary N) is 2. The molecule has 1 atom stereocenters. The van der Waals surface area contributed by atoms with E-state index >= 15 is 0 Å². The van der Waals surface area contributed by atoms with Gasteiger partial charge in [0.25, 0.3) is 0 Å². The smallest absolute Gasteiger partial charge is 0.309 e. The molecule has 8 nitrogen and oxygen atoms in total. The van der Waals surface area contributed by atoms with Gasteiger partial charge in [-0.1, -0.05) is 19.9 Å². The van der Waals surface area contributed by atoms with Gasteiger partial charge in [0.2, 0.25) is 6.79 Å². The molecule has 1 saturated heterocycles. The van der Waals surface area contributed by atoms with Crippen LogP contribution < -0.4 is 25.0 Å². The van der Waals surface area contributed by atoms with Crippen molar-refractivity contribution < 1.29 is 23.5 Å². The summed E-state index contributed by atoms with van der Waals surface area (Å²) in [5.41, 5.74) is 1.96. The number of rotatable bonds is 7. The van der Waals surface area contributed by atoms with Gasteiger partial charge >= 0.3 is 11.8 Å². The van der Waals surface area contributed by atoms with Crippen molar-refractivity contribution in [2.45, 2.75) is 19.9 Å². The highest BCUT2D eigenvalue weighted by atomic mass is 19.1. The molecule has 0 bridgehead atoms. The van der Waals surface area contributed by atoms with Crippen molar-refractivity contribution in [2.24, 2.45) is 5.92 Å². The van der Waals surface area contributed by atoms with E-state index in [2.05, 4.69) is 20.4 Å². The Morgan fingerprint density at radius 3 is 2.24 bits per heavy atom. The van der Waals surface area contributed by atoms with E-state index < -0.39 is 11.8 Å². The van der Waals surface area contributed by atoms with Crippen LogP contribution in [0.4, 0.5) is 10.1 Å². The lowest BCUT2D eigenvalue weighted by molar-refractivity contribution is -0.139. The first-order chi connectivity index (χ1) is 16.4. The average Bonchev–Trinajstić information content (AvgIpc) is 3.31. The summed E-state index contributed by atoms with van der Waals surface area (Å²) >= 11 is 0. The molecular formula is C25H31FN4O4. The molecule has 4 rings (SSSR count). The van der Waals surface area contributed by atoms with E-state index in [-0.39, 0.29) is 31.1 Å². The van der Waals surface area contributed by atoms with Crippen LogP contribution in [0.15, 0.2) is 42.5 Å². The maximum absolute atomic E-state index is 13.3. The lowest BCUT2D eigenvalue weighted by Crippen LogP contribution is -2.51. The summed E-state index contributed by atoms with van der Waals surface area (Å²) in [5, 5.41) is 5.45. The van der Waals surface area contributed by atoms with Crippen molar-refractivity contribution in [3.05, 3.63) is 53.8 Å². The van der Waals surface area contributed by atoms with Crippen molar-refractivity contribution in [3.63, 3.8) is 0 Å². The summed E-state index contributed by atoms with van der Waals surface area (Å²) in [7, 11) is 0. The molecule has 2 aliphatic rings. The first kappa shape index (κ1) is 23.8. The topological polar surface area (TPSA) is 83.1 Å². The third-order valence-corrected chi connectivity index (χ3v) is 6.06. The predicted molar refractivity (Wildman–Crippen MR) is 126 cm³/mol. The number of amides is 2. The minimum atomic E-state index is -0.642. The number of ether oxygens (including phenoxy) is 2. The Bertz CT molecular complexity index is 1010. The van der Waals surface area contributed by atoms with E-state index in [4.69, 9.17) is 9.47 Å². The maximum Gasteiger partial charge on any atom is 0.309 e. The van der Waals surface area contributed by atoms with Gasteiger partial charge in [0.1, 0.15) is 5.82 Å². The van der Waals surface area contributed by atoms with E-state index in [9.17, 15) is 14.0 Å². The molecular weight excluding hydrogens is 439 g/mol. The van der Waals surface area contributed by atoms with Crippen molar-refractivity contribution in [1.29, 1.82) is 0 Å². The molecule has 2 aliphatic heterocycles. The summed E-state index contributed by atoms with van der Waals surface area (Å²) in [6.45, 7) is 7.86. The van der Waals surface area contributed by atoms with Crippen LogP contribution in [-0.2, 0) is 9.59 Å². The Labute approximate surface area is 199 Å². The zero-order valence-corrected chi connectivity index (χ0v) is 19.6. The lowest BCUT2D eigenvalue weighted by atomic mass is 10.0. The maximum atomic E-state index is 13.3. The molecule has 0 radical (unpaired) electrons. The molecule has 0 aromatic heterocycles. The van der Waals surface area contributed by atoms with Crippen molar-refractivity contribution in [2.75, 3.05) is 51.0 Å². The molecule has 9 heteroatoms. The second kappa shape index (κ2) is 10.7. The van der Waals surface area contributed by atoms with Gasteiger partial charge in [-0.25, -0.2) is 4.39 Å². The zero-order chi connectivity index (χ0) is 24.1. The monoisotopic (exact) mass is 470 g/mol. The van der Waals surface area contributed by atoms with Gasteiger partial charge in [-0.05, 0) is 47.9 Å². The Morgan fingerprint density at radius 2 is 1.56 bits per heavy atom. The zero-order valence-electron chi connectivity index (χ0n) is 19.6. The molecule has 2 N–H and O–H groups in total. The highest BCUT2D eigenvalue weighted by Gasteiger charge is 2.28. The van der Waals surface area contributed by atoms with E-state index in [1.807, 2.05) is 32.0 Å². The molecule has 2 amide bonds. The molecule has 2 heterocycles. The van der Waals surface area contributed by atoms with Crippen LogP contribution in [0.3, 0.4) is 0 Å². The fourth-order valence-corrected chi connectivity index (χ4v) is 4.17. The number of halogens is 1. The predicted octanol–water partition coefficient (Wildman–Crippen LogP) is 2.31. The van der Waals surface area contributed by atoms with E-state index in [0.717, 1.165) is 37.4 Å². The third-order valence-electron chi connectivity index (χ3n) is 6.06. The van der Waals surface area contributed by atoms with Gasteiger partial charge in [0.15, 0.2) is 11.5 Å². The summed E-state index contributed by atoms with van der Waals surface area (Å²) in [5.74, 6) is 0.110. The van der Waals surface area contributed by atoms with Crippen molar-refractivity contribution >= 4 is 17.5 Å². The summed E-state index contributed by atoms with van der Waals surface area (Å²) in [6, 6.07) is 12.1. The van der Waals surface area contributed by atoms with Crippen LogP contribution in [-0.4, -0.2) is 62.8 Å². The fraction of sp³-hybridized carbons (Fsp3) is 0.440. The van der Waals surface area contributed by atoms with Gasteiger partial charge in [0.05, 0.1) is 6.04 Å². The normalized spacial score (nSPS) is 16.4. The number of nitrogens with zero attached hydrogens (tertiary/aromatic N) is 2. The first-order valence-electron chi connectivity index (χ1n) is 11.6. The Kier molecular flexibility index (Phi) is 7.52. The van der Waals surface area contributed by atoms with E-state index in [1.165, 1.54) is 12.1 Å². The first-order valence-corrected chi connectivity index (χ1v) is 11.6. The minimum Gasteiger partial charge on any atom is -0.454 e. The molecule has 0 aliphatic carbocycles. The number of hydrogen-bond acceptors (Lipinski definition) is 6. The Balaban J connectivity index is 1.44. The highest BCUT2D eigenvalue weighted by Crippen LogP contribution is 2.35. The molecule has 2 aromatic rings. The van der Waals surface area contributed by atoms with Gasteiger partial charge < -0.3 is 25.0 Å². The SMILES string of the molecule is CC(C)CNC(=O)C(=O)NC[C@@H](c1ccc2c(c1)OCO2)N1CCN(c2ccc(F)cc2)CC1. The molecule has 0 saturated carbocycles. The van der Waals surface area contributed by atoms with Gasteiger partial charge in [-0.15, -0.1) is 0 Å². The van der Waals surface area contributed by atoms with Gasteiger partial charge in [-0.2, -0.15) is 0 Å². The number of hydrogen-bond donors (Lipinski definition) is 2. The number of carbonyl (C=O) groups is 2. The molecule has 0 spiro atoms. The molecule has 2 aromatic carbocycles. The second-order valence-electron chi connectivity index (χ2n) is 8.94. The largest absolute Gasteiger partial charge is 0.454 e. The molecule has 1 fully saturated rings. The summed E-state index contributed by atoms with van der Waals surface area (Å²) < 4.78 is 24.3. The third kappa shape index (κ3) is 5.77. The van der Waals surface area contributed by atoms with Crippen LogP contribution in [0.25, 0.3) is 0 Å². The quantitative estimate of drug-likeness (QED) is 0.605. The number of benzene rings is 2. The molecule has 182 valence electrons. The van der Waals surface area contributed by atoms with Crippen molar-refractivity contribution in [1.82, 2.24) is 15.5 Å². The van der Waals surface area contributed by atoms with E-state index in [0.29, 0.717) is 18.0 Å². The van der Waals surface area contributed by atoms with Gasteiger partial charge in [0, 0.05) is 45.0 Å². The van der Waals surface area contributed by atoms with Crippen LogP contribution in [0.1, 0.15) is 25.5 Å². The van der Waals surface area contributed by atoms with Crippen LogP contribution >= 0.6 is 0 Å². The van der Waals surface area contributed by atoms with Crippen LogP contribution in [0.5, 0.6) is 11.5 Å². The molecule has 34 heavy (non-hydrogen) atoms. The average molecular weight is 471 g/mol. The number of anilines is 1.